The number of hydrogen-bond acceptors (Lipinski definition) is 20. The highest BCUT2D eigenvalue weighted by atomic mass is 79.9. The molecule has 0 saturated carbocycles. The molecule has 4 atom stereocenters. The summed E-state index contributed by atoms with van der Waals surface area (Å²) in [5.74, 6) is 0.104. The summed E-state index contributed by atoms with van der Waals surface area (Å²) in [4.78, 5) is 95.5. The molecule has 4 aromatic carbocycles. The average Bonchev–Trinajstić information content (AvgIpc) is 0.870. The van der Waals surface area contributed by atoms with Gasteiger partial charge in [-0.2, -0.15) is 0 Å². The Bertz CT molecular complexity index is 3190. The molecule has 5 amide bonds. The molecule has 0 bridgehead atoms. The van der Waals surface area contributed by atoms with E-state index in [0.29, 0.717) is 36.7 Å². The number of carboxylic acid groups (broad SMARTS) is 1. The molecule has 584 valence electrons. The summed E-state index contributed by atoms with van der Waals surface area (Å²) in [7, 11) is 16.4. The van der Waals surface area contributed by atoms with Crippen molar-refractivity contribution in [3.05, 3.63) is 112 Å². The van der Waals surface area contributed by atoms with Crippen molar-refractivity contribution < 1.29 is 91.6 Å². The Labute approximate surface area is 649 Å². The first-order chi connectivity index (χ1) is 47.4. The summed E-state index contributed by atoms with van der Waals surface area (Å²) in [6.45, 7) is 25.8. The van der Waals surface area contributed by atoms with Gasteiger partial charge in [0.2, 0.25) is 11.8 Å². The Kier molecular flexibility index (Phi) is 53.8. The van der Waals surface area contributed by atoms with E-state index in [2.05, 4.69) is 73.3 Å². The maximum absolute atomic E-state index is 12.4. The van der Waals surface area contributed by atoms with Crippen molar-refractivity contribution in [2.45, 2.75) is 164 Å². The number of rotatable bonds is 20. The van der Waals surface area contributed by atoms with Crippen LogP contribution in [0.25, 0.3) is 0 Å². The molecule has 0 fully saturated rings. The van der Waals surface area contributed by atoms with Crippen molar-refractivity contribution in [1.29, 1.82) is 0 Å². The van der Waals surface area contributed by atoms with Crippen LogP contribution in [0.4, 0.5) is 19.2 Å². The van der Waals surface area contributed by atoms with Crippen molar-refractivity contribution in [1.82, 2.24) is 31.1 Å². The number of likely N-dealkylation sites (N-methyl/N-ethyl adjacent to an activating group) is 2. The maximum atomic E-state index is 12.4. The van der Waals surface area contributed by atoms with Crippen LogP contribution in [-0.4, -0.2) is 199 Å². The van der Waals surface area contributed by atoms with Crippen LogP contribution in [0, 0.1) is 26.7 Å². The highest BCUT2D eigenvalue weighted by Gasteiger charge is 2.29. The van der Waals surface area contributed by atoms with Crippen molar-refractivity contribution in [2.75, 3.05) is 82.7 Å². The number of aromatic hydroxyl groups is 2. The van der Waals surface area contributed by atoms with E-state index in [4.69, 9.17) is 78.8 Å². The highest BCUT2D eigenvalue weighted by Crippen LogP contribution is 2.26. The van der Waals surface area contributed by atoms with Crippen LogP contribution in [0.5, 0.6) is 28.7 Å². The van der Waals surface area contributed by atoms with Crippen LogP contribution >= 0.6 is 82.1 Å². The third kappa shape index (κ3) is 52.9. The summed E-state index contributed by atoms with van der Waals surface area (Å²) in [5, 5.41) is 38.2. The van der Waals surface area contributed by atoms with Crippen LogP contribution < -0.4 is 41.2 Å². The van der Waals surface area contributed by atoms with Crippen LogP contribution in [0.1, 0.15) is 115 Å². The maximum Gasteiger partial charge on any atom is 0.408 e. The van der Waals surface area contributed by atoms with Gasteiger partial charge in [0.05, 0.1) is 46.4 Å². The number of carboxylic acids is 1. The predicted molar refractivity (Wildman–Crippen MR) is 418 cm³/mol. The first kappa shape index (κ1) is 103. The van der Waals surface area contributed by atoms with Gasteiger partial charge in [-0.3, -0.25) is 9.59 Å². The Morgan fingerprint density at radius 3 is 1.11 bits per heavy atom. The number of aliphatic carboxylic acids is 1. The van der Waals surface area contributed by atoms with E-state index in [-0.39, 0.29) is 44.7 Å². The number of methoxy groups -OCH3 is 4. The fourth-order valence-corrected chi connectivity index (χ4v) is 7.74. The predicted octanol–water partition coefficient (Wildman–Crippen LogP) is 13.2. The number of phenols is 2. The zero-order valence-electron chi connectivity index (χ0n) is 63.7. The van der Waals surface area contributed by atoms with Gasteiger partial charge < -0.3 is 90.0 Å². The van der Waals surface area contributed by atoms with Crippen LogP contribution in [0.15, 0.2) is 72.8 Å². The second-order valence-corrected chi connectivity index (χ2v) is 33.4. The summed E-state index contributed by atoms with van der Waals surface area (Å²) in [6, 6.07) is 17.9. The van der Waals surface area contributed by atoms with Crippen molar-refractivity contribution in [3.8, 4) is 28.7 Å². The van der Waals surface area contributed by atoms with Gasteiger partial charge in [-0.15, -0.1) is 70.5 Å². The highest BCUT2D eigenvalue weighted by molar-refractivity contribution is 9.69. The van der Waals surface area contributed by atoms with Crippen LogP contribution in [0.2, 0.25) is 0 Å². The molecule has 0 heterocycles. The Morgan fingerprint density at radius 2 is 0.835 bits per heavy atom. The molecular formula is C70H110BBr3Cl3N7O19. The summed E-state index contributed by atoms with van der Waals surface area (Å²) < 4.78 is 40.8. The molecule has 0 radical (unpaired) electrons. The van der Waals surface area contributed by atoms with E-state index in [1.807, 2.05) is 97.2 Å². The number of benzene rings is 4. The standard InChI is InChI=1S/C18H28N2O4.C17H25NO5.C16H23NO5.C11H16N2O3.C5H9ClO2.C2H7N.CH2Cl2.BBr3/c1-12-8-9-13(11-15(12)23-7)10-14(16(21)20(5)6)19-17(22)24-18(2,3)4;1-11-7-8-12(10-14(11)21-5)9-13(15(19)22-6)18-16(20)23-17(2,3)4;1-10-6-7-11(9-13(10)21-5)8-12(14(18)19)17-15(20)22-16(2,3)4;1-13(2)11(16)8(12)5-7-3-4-9(14)10(15)6-7;1-4(2)3-8-5(6)7;1-3-2;2-1-3;2-1(3)4/h8-9,11,14H,10H2,1-7H3,(H,19,22);7-8,10,13H,9H2,1-6H3,(H,18,20);6-7,9,12H,8H2,1-5H3,(H,17,20)(H,18,19);3-4,6,8,14-15H,5,12H2,1-2H3;4H,3H2,1-2H3;3H,1-2H3;1H2;/t14-;13-;12-;8-;;;;/m0000..../s1. The van der Waals surface area contributed by atoms with E-state index in [0.717, 1.165) is 44.9 Å². The Hall–Kier alpha value is -6.67. The molecule has 0 aliphatic rings. The number of nitrogens with one attached hydrogen (secondary N) is 4. The zero-order valence-corrected chi connectivity index (χ0v) is 70.8. The molecule has 0 aliphatic carbocycles. The third-order valence-electron chi connectivity index (χ3n) is 12.1. The smallest absolute Gasteiger partial charge is 0.408 e. The van der Waals surface area contributed by atoms with Gasteiger partial charge in [0.1, 0.15) is 52.2 Å². The van der Waals surface area contributed by atoms with Gasteiger partial charge in [0, 0.05) is 59.1 Å². The van der Waals surface area contributed by atoms with E-state index < -0.39 is 76.6 Å². The van der Waals surface area contributed by atoms with Crippen molar-refractivity contribution in [2.24, 2.45) is 11.7 Å². The number of hydrogen-bond donors (Lipinski definition) is 8. The average molecular weight is 1710 g/mol. The number of carbonyl (C=O) groups is 8. The number of carbonyl (C=O) groups excluding carboxylic acids is 7. The molecule has 26 nitrogen and oxygen atoms in total. The minimum Gasteiger partial charge on any atom is -0.504 e. The lowest BCUT2D eigenvalue weighted by Gasteiger charge is -2.25. The summed E-state index contributed by atoms with van der Waals surface area (Å²) in [6.07, 6.45) is -0.918. The number of phenolic OH excluding ortho intramolecular Hbond substituents is 2. The minimum absolute atomic E-state index is 0.144. The third-order valence-corrected chi connectivity index (χ3v) is 12.2. The molecule has 0 saturated heterocycles. The second-order valence-electron chi connectivity index (χ2n) is 25.9. The van der Waals surface area contributed by atoms with Gasteiger partial charge in [-0.1, -0.05) is 56.3 Å². The number of alkyl carbamates (subject to hydrolysis) is 3. The summed E-state index contributed by atoms with van der Waals surface area (Å²) in [5.41, 5.74) is 9.20. The minimum atomic E-state index is -1.12. The molecule has 33 heteroatoms. The van der Waals surface area contributed by atoms with Crippen LogP contribution in [0.3, 0.4) is 0 Å². The lowest BCUT2D eigenvalue weighted by molar-refractivity contribution is -0.143. The lowest BCUT2D eigenvalue weighted by atomic mass is 10.0. The van der Waals surface area contributed by atoms with Gasteiger partial charge in [-0.05, 0) is 179 Å². The molecule has 103 heavy (non-hydrogen) atoms. The Balaban J connectivity index is -0.000000589. The summed E-state index contributed by atoms with van der Waals surface area (Å²) >= 11 is 23.7. The van der Waals surface area contributed by atoms with Crippen LogP contribution in [-0.2, 0) is 68.5 Å². The van der Waals surface area contributed by atoms with Crippen molar-refractivity contribution >= 4 is 133 Å². The van der Waals surface area contributed by atoms with Gasteiger partial charge in [0.15, 0.2) is 11.5 Å². The quantitative estimate of drug-likeness (QED) is 0.0102. The number of amides is 5. The van der Waals surface area contributed by atoms with E-state index in [1.165, 1.54) is 29.0 Å². The molecule has 0 spiro atoms. The molecule has 4 rings (SSSR count). The van der Waals surface area contributed by atoms with E-state index >= 15 is 0 Å². The van der Waals surface area contributed by atoms with E-state index in [9.17, 15) is 48.6 Å². The number of esters is 1. The largest absolute Gasteiger partial charge is 0.504 e. The Morgan fingerprint density at radius 1 is 0.534 bits per heavy atom. The fraction of sp³-hybridized carbons (Fsp3) is 0.543. The second kappa shape index (κ2) is 54.0. The topological polar surface area (TPSA) is 352 Å². The number of alkyl halides is 2. The molecule has 0 aliphatic heterocycles. The number of ether oxygens (including phenoxy) is 8. The fourth-order valence-electron chi connectivity index (χ4n) is 7.68. The number of halogens is 6. The van der Waals surface area contributed by atoms with Gasteiger partial charge in [0.25, 0.3) is 0 Å². The SMILES string of the molecule is BrB(Br)Br.CC(C)COC(=O)Cl.CN(C)C(=O)[C@@H](N)Cc1ccc(O)c(O)c1.CNC.COC(=O)[C@H](Cc1ccc(C)c(OC)c1)NC(=O)OC(C)(C)C.COc1cc(C[C@H](NC(=O)OC(C)(C)C)C(=O)N(C)C)ccc1C.COc1cc(C[C@H](NC(=O)OC(C)(C)C)C(=O)O)ccc1C.ClCCl. The van der Waals surface area contributed by atoms with Gasteiger partial charge in [-0.25, -0.2) is 28.8 Å². The normalized spacial score (nSPS) is 11.5. The number of aryl methyl sites for hydroxylation is 3. The molecule has 0 unspecified atom stereocenters. The van der Waals surface area contributed by atoms with E-state index in [1.54, 1.807) is 124 Å². The molecular weight excluding hydrogens is 1600 g/mol. The first-order valence-electron chi connectivity index (χ1n) is 31.8. The number of nitrogens with zero attached hydrogens (tertiary/aromatic N) is 2. The first-order valence-corrected chi connectivity index (χ1v) is 35.9. The molecule has 9 N–H and O–H groups in total. The molecule has 4 aromatic rings. The van der Waals surface area contributed by atoms with Gasteiger partial charge >= 0.3 is 38.8 Å². The number of nitrogens with two attached hydrogens (primary N) is 1. The molecule has 0 aromatic heterocycles. The monoisotopic (exact) mass is 1710 g/mol. The van der Waals surface area contributed by atoms with Crippen molar-refractivity contribution in [3.63, 3.8) is 0 Å². The lowest BCUT2D eigenvalue weighted by Crippen LogP contribution is -2.48. The zero-order chi connectivity index (χ0) is 80.9.